The maximum Gasteiger partial charge on any atom is 0.0827 e. The molecule has 0 aliphatic rings. The highest BCUT2D eigenvalue weighted by atomic mass is 15.4. The van der Waals surface area contributed by atoms with Crippen molar-refractivity contribution >= 4 is 0 Å². The lowest BCUT2D eigenvalue weighted by Gasteiger charge is -1.95. The summed E-state index contributed by atoms with van der Waals surface area (Å²) in [5.74, 6) is 0. The van der Waals surface area contributed by atoms with Gasteiger partial charge in [0.15, 0.2) is 0 Å². The van der Waals surface area contributed by atoms with E-state index in [1.54, 1.807) is 0 Å². The van der Waals surface area contributed by atoms with E-state index in [4.69, 9.17) is 0 Å². The first-order valence-corrected chi connectivity index (χ1v) is 5.75. The van der Waals surface area contributed by atoms with Crippen molar-refractivity contribution in [2.45, 2.75) is 58.9 Å². The molecule has 0 saturated carbocycles. The van der Waals surface area contributed by atoms with Crippen molar-refractivity contribution in [3.05, 3.63) is 11.9 Å². The molecule has 80 valence electrons. The van der Waals surface area contributed by atoms with Gasteiger partial charge in [0.2, 0.25) is 0 Å². The van der Waals surface area contributed by atoms with Gasteiger partial charge in [-0.25, -0.2) is 0 Å². The first-order chi connectivity index (χ1) is 6.86. The number of aromatic nitrogens is 3. The highest BCUT2D eigenvalue weighted by Gasteiger charge is 1.99. The van der Waals surface area contributed by atoms with Gasteiger partial charge in [-0.2, -0.15) is 0 Å². The summed E-state index contributed by atoms with van der Waals surface area (Å²) in [5, 5.41) is 8.22. The summed E-state index contributed by atoms with van der Waals surface area (Å²) < 4.78 is 1.94. The maximum atomic E-state index is 4.15. The van der Waals surface area contributed by atoms with Crippen molar-refractivity contribution < 1.29 is 0 Å². The van der Waals surface area contributed by atoms with Crippen LogP contribution in [0.3, 0.4) is 0 Å². The second kappa shape index (κ2) is 6.57. The maximum absolute atomic E-state index is 4.15. The molecule has 1 heterocycles. The molecule has 0 saturated heterocycles. The second-order valence-corrected chi connectivity index (χ2v) is 3.78. The molecule has 0 unspecified atom stereocenters. The normalized spacial score (nSPS) is 10.7. The number of hydrogen-bond donors (Lipinski definition) is 0. The van der Waals surface area contributed by atoms with Crippen LogP contribution >= 0.6 is 0 Å². The Balaban J connectivity index is 2.22. The van der Waals surface area contributed by atoms with Gasteiger partial charge in [0.25, 0.3) is 0 Å². The van der Waals surface area contributed by atoms with E-state index in [0.29, 0.717) is 0 Å². The van der Waals surface area contributed by atoms with Crippen LogP contribution in [0.4, 0.5) is 0 Å². The molecule has 1 rings (SSSR count). The predicted octanol–water partition coefficient (Wildman–Crippen LogP) is 2.81. The summed E-state index contributed by atoms with van der Waals surface area (Å²) in [6.45, 7) is 5.38. The number of unbranched alkanes of at least 4 members (excludes halogenated alkanes) is 3. The van der Waals surface area contributed by atoms with Crippen molar-refractivity contribution in [2.24, 2.45) is 0 Å². The van der Waals surface area contributed by atoms with Gasteiger partial charge in [0.05, 0.1) is 5.69 Å². The van der Waals surface area contributed by atoms with Crippen LogP contribution in [0.25, 0.3) is 0 Å². The fourth-order valence-electron chi connectivity index (χ4n) is 1.52. The number of aryl methyl sites for hydroxylation is 2. The van der Waals surface area contributed by atoms with E-state index in [2.05, 4.69) is 30.4 Å². The Labute approximate surface area is 86.5 Å². The molecule has 14 heavy (non-hydrogen) atoms. The standard InChI is InChI=1S/C11H21N3/c1-3-5-6-7-8-11-10-14(9-4-2)13-12-11/h10H,3-9H2,1-2H3. The highest BCUT2D eigenvalue weighted by molar-refractivity contribution is 4.91. The van der Waals surface area contributed by atoms with E-state index >= 15 is 0 Å². The average Bonchev–Trinajstić information content (AvgIpc) is 2.61. The molecule has 0 N–H and O–H groups in total. The Morgan fingerprint density at radius 1 is 1.14 bits per heavy atom. The molecule has 0 aliphatic heterocycles. The molecule has 0 aliphatic carbocycles. The van der Waals surface area contributed by atoms with Crippen LogP contribution in [0.2, 0.25) is 0 Å². The largest absolute Gasteiger partial charge is 0.252 e. The summed E-state index contributed by atoms with van der Waals surface area (Å²) in [6, 6.07) is 0. The summed E-state index contributed by atoms with van der Waals surface area (Å²) >= 11 is 0. The molecular weight excluding hydrogens is 174 g/mol. The van der Waals surface area contributed by atoms with Crippen molar-refractivity contribution in [1.29, 1.82) is 0 Å². The van der Waals surface area contributed by atoms with Gasteiger partial charge in [-0.05, 0) is 19.3 Å². The molecule has 0 bridgehead atoms. The lowest BCUT2D eigenvalue weighted by Crippen LogP contribution is -1.96. The van der Waals surface area contributed by atoms with Crippen LogP contribution < -0.4 is 0 Å². The SMILES string of the molecule is CCCCCCc1cn(CCC)nn1. The van der Waals surface area contributed by atoms with Crippen molar-refractivity contribution in [1.82, 2.24) is 15.0 Å². The van der Waals surface area contributed by atoms with Gasteiger partial charge in [0, 0.05) is 12.7 Å². The zero-order chi connectivity index (χ0) is 10.2. The third kappa shape index (κ3) is 3.90. The Morgan fingerprint density at radius 2 is 2.00 bits per heavy atom. The van der Waals surface area contributed by atoms with E-state index in [-0.39, 0.29) is 0 Å². The number of hydrogen-bond acceptors (Lipinski definition) is 2. The van der Waals surface area contributed by atoms with Crippen LogP contribution in [-0.4, -0.2) is 15.0 Å². The molecule has 3 heteroatoms. The van der Waals surface area contributed by atoms with E-state index in [9.17, 15) is 0 Å². The smallest absolute Gasteiger partial charge is 0.0827 e. The van der Waals surface area contributed by atoms with Gasteiger partial charge in [-0.1, -0.05) is 38.3 Å². The first kappa shape index (κ1) is 11.2. The van der Waals surface area contributed by atoms with E-state index in [0.717, 1.165) is 25.1 Å². The summed E-state index contributed by atoms with van der Waals surface area (Å²) in [7, 11) is 0. The molecule has 0 amide bonds. The van der Waals surface area contributed by atoms with Crippen LogP contribution in [-0.2, 0) is 13.0 Å². The van der Waals surface area contributed by atoms with Gasteiger partial charge in [0.1, 0.15) is 0 Å². The molecular formula is C11H21N3. The molecule has 0 fully saturated rings. The van der Waals surface area contributed by atoms with E-state index in [1.165, 1.54) is 25.7 Å². The molecule has 0 atom stereocenters. The second-order valence-electron chi connectivity index (χ2n) is 3.78. The third-order valence-electron chi connectivity index (χ3n) is 2.33. The number of rotatable bonds is 7. The Morgan fingerprint density at radius 3 is 2.71 bits per heavy atom. The van der Waals surface area contributed by atoms with Crippen LogP contribution in [0.1, 0.15) is 51.6 Å². The van der Waals surface area contributed by atoms with Gasteiger partial charge >= 0.3 is 0 Å². The summed E-state index contributed by atoms with van der Waals surface area (Å²) in [4.78, 5) is 0. The lowest BCUT2D eigenvalue weighted by atomic mass is 10.1. The highest BCUT2D eigenvalue weighted by Crippen LogP contribution is 2.04. The Hall–Kier alpha value is -0.860. The topological polar surface area (TPSA) is 30.7 Å². The van der Waals surface area contributed by atoms with Crippen molar-refractivity contribution in [3.63, 3.8) is 0 Å². The van der Waals surface area contributed by atoms with Gasteiger partial charge < -0.3 is 0 Å². The predicted molar refractivity (Wildman–Crippen MR) is 58.2 cm³/mol. The zero-order valence-corrected chi connectivity index (χ0v) is 9.37. The monoisotopic (exact) mass is 195 g/mol. The lowest BCUT2D eigenvalue weighted by molar-refractivity contribution is 0.578. The summed E-state index contributed by atoms with van der Waals surface area (Å²) in [5.41, 5.74) is 1.15. The van der Waals surface area contributed by atoms with Crippen molar-refractivity contribution in [2.75, 3.05) is 0 Å². The quantitative estimate of drug-likeness (QED) is 0.626. The molecule has 0 radical (unpaired) electrons. The fourth-order valence-corrected chi connectivity index (χ4v) is 1.52. The Bertz CT molecular complexity index is 242. The van der Waals surface area contributed by atoms with Crippen LogP contribution in [0, 0.1) is 0 Å². The van der Waals surface area contributed by atoms with Gasteiger partial charge in [-0.15, -0.1) is 5.10 Å². The summed E-state index contributed by atoms with van der Waals surface area (Å²) in [6.07, 6.45) is 9.49. The molecule has 0 spiro atoms. The molecule has 0 aromatic carbocycles. The molecule has 1 aromatic rings. The zero-order valence-electron chi connectivity index (χ0n) is 9.37. The Kier molecular flexibility index (Phi) is 5.27. The first-order valence-electron chi connectivity index (χ1n) is 5.75. The minimum Gasteiger partial charge on any atom is -0.252 e. The average molecular weight is 195 g/mol. The number of nitrogens with zero attached hydrogens (tertiary/aromatic N) is 3. The third-order valence-corrected chi connectivity index (χ3v) is 2.33. The van der Waals surface area contributed by atoms with E-state index in [1.807, 2.05) is 4.68 Å². The van der Waals surface area contributed by atoms with E-state index < -0.39 is 0 Å². The van der Waals surface area contributed by atoms with Crippen LogP contribution in [0.5, 0.6) is 0 Å². The fraction of sp³-hybridized carbons (Fsp3) is 0.818. The molecule has 1 aromatic heterocycles. The minimum atomic E-state index is 0.988. The van der Waals surface area contributed by atoms with Crippen molar-refractivity contribution in [3.8, 4) is 0 Å². The minimum absolute atomic E-state index is 0.988. The van der Waals surface area contributed by atoms with Gasteiger partial charge in [-0.3, -0.25) is 4.68 Å². The van der Waals surface area contributed by atoms with Crippen LogP contribution in [0.15, 0.2) is 6.20 Å². The molecule has 3 nitrogen and oxygen atoms in total.